The SMILES string of the molecule is CCCC1CCCCC1.Cc1cc(Sc2ccccc2)cc(Nc2nc3c(s2)CC(C)(C)CC3)n1. The van der Waals surface area contributed by atoms with Crippen molar-refractivity contribution in [2.24, 2.45) is 11.3 Å². The van der Waals surface area contributed by atoms with E-state index in [2.05, 4.69) is 67.5 Å². The van der Waals surface area contributed by atoms with Crippen LogP contribution >= 0.6 is 23.1 Å². The van der Waals surface area contributed by atoms with Crippen LogP contribution < -0.4 is 5.32 Å². The van der Waals surface area contributed by atoms with Crippen LogP contribution in [0.25, 0.3) is 0 Å². The first-order chi connectivity index (χ1) is 16.9. The van der Waals surface area contributed by atoms with E-state index in [9.17, 15) is 0 Å². The van der Waals surface area contributed by atoms with Gasteiger partial charge in [-0.2, -0.15) is 0 Å². The maximum absolute atomic E-state index is 4.82. The van der Waals surface area contributed by atoms with Gasteiger partial charge in [0, 0.05) is 20.4 Å². The predicted octanol–water partition coefficient (Wildman–Crippen LogP) is 9.62. The van der Waals surface area contributed by atoms with Gasteiger partial charge in [-0.1, -0.05) is 95.7 Å². The summed E-state index contributed by atoms with van der Waals surface area (Å²) in [6.45, 7) is 9.03. The highest BCUT2D eigenvalue weighted by Gasteiger charge is 2.28. The molecule has 0 saturated heterocycles. The first kappa shape index (κ1) is 26.2. The third-order valence-electron chi connectivity index (χ3n) is 7.02. The van der Waals surface area contributed by atoms with E-state index in [1.165, 1.54) is 71.7 Å². The van der Waals surface area contributed by atoms with E-state index in [-0.39, 0.29) is 0 Å². The van der Waals surface area contributed by atoms with Crippen LogP contribution in [0.2, 0.25) is 0 Å². The lowest BCUT2D eigenvalue weighted by atomic mass is 9.79. The van der Waals surface area contributed by atoms with Gasteiger partial charge in [0.25, 0.3) is 0 Å². The first-order valence-electron chi connectivity index (χ1n) is 13.4. The molecular formula is C30H41N3S2. The molecule has 0 atom stereocenters. The van der Waals surface area contributed by atoms with E-state index < -0.39 is 0 Å². The lowest BCUT2D eigenvalue weighted by Crippen LogP contribution is -2.20. The lowest BCUT2D eigenvalue weighted by Gasteiger charge is -2.28. The molecule has 2 aromatic heterocycles. The molecule has 1 fully saturated rings. The number of pyridine rings is 1. The number of hydrogen-bond acceptors (Lipinski definition) is 5. The third-order valence-corrected chi connectivity index (χ3v) is 9.01. The highest BCUT2D eigenvalue weighted by atomic mass is 32.2. The topological polar surface area (TPSA) is 37.8 Å². The van der Waals surface area contributed by atoms with Gasteiger partial charge in [-0.3, -0.25) is 0 Å². The van der Waals surface area contributed by atoms with Crippen LogP contribution in [-0.2, 0) is 12.8 Å². The first-order valence-corrected chi connectivity index (χ1v) is 15.0. The van der Waals surface area contributed by atoms with Gasteiger partial charge in [-0.05, 0) is 61.8 Å². The van der Waals surface area contributed by atoms with Gasteiger partial charge < -0.3 is 5.32 Å². The molecule has 2 aliphatic rings. The molecule has 0 aliphatic heterocycles. The summed E-state index contributed by atoms with van der Waals surface area (Å²) in [6, 6.07) is 14.7. The van der Waals surface area contributed by atoms with E-state index in [0.717, 1.165) is 35.4 Å². The summed E-state index contributed by atoms with van der Waals surface area (Å²) in [5.41, 5.74) is 2.66. The number of anilines is 2. The van der Waals surface area contributed by atoms with Crippen LogP contribution in [0.1, 0.15) is 88.4 Å². The largest absolute Gasteiger partial charge is 0.316 e. The smallest absolute Gasteiger partial charge is 0.188 e. The minimum absolute atomic E-state index is 0.387. The zero-order valence-corrected chi connectivity index (χ0v) is 23.5. The fourth-order valence-electron chi connectivity index (χ4n) is 5.13. The van der Waals surface area contributed by atoms with Crippen molar-refractivity contribution in [2.75, 3.05) is 5.32 Å². The Bertz CT molecular complexity index is 1070. The molecule has 2 heterocycles. The Morgan fingerprint density at radius 3 is 2.54 bits per heavy atom. The Balaban J connectivity index is 0.000000271. The van der Waals surface area contributed by atoms with Gasteiger partial charge in [0.05, 0.1) is 5.69 Å². The van der Waals surface area contributed by atoms with Crippen molar-refractivity contribution >= 4 is 34.0 Å². The zero-order valence-electron chi connectivity index (χ0n) is 21.9. The lowest BCUT2D eigenvalue weighted by molar-refractivity contribution is 0.316. The maximum atomic E-state index is 4.82. The third kappa shape index (κ3) is 8.08. The van der Waals surface area contributed by atoms with Gasteiger partial charge in [0.2, 0.25) is 0 Å². The molecular weight excluding hydrogens is 466 g/mol. The Morgan fingerprint density at radius 2 is 1.80 bits per heavy atom. The maximum Gasteiger partial charge on any atom is 0.188 e. The molecule has 0 radical (unpaired) electrons. The highest BCUT2D eigenvalue weighted by molar-refractivity contribution is 7.99. The van der Waals surface area contributed by atoms with Crippen LogP contribution in [0.3, 0.4) is 0 Å². The van der Waals surface area contributed by atoms with Gasteiger partial charge >= 0.3 is 0 Å². The Labute approximate surface area is 220 Å². The molecule has 5 heteroatoms. The Morgan fingerprint density at radius 1 is 1.03 bits per heavy atom. The summed E-state index contributed by atoms with van der Waals surface area (Å²) in [7, 11) is 0. The summed E-state index contributed by atoms with van der Waals surface area (Å²) in [6.07, 6.45) is 13.8. The van der Waals surface area contributed by atoms with Crippen LogP contribution in [0.4, 0.5) is 10.9 Å². The molecule has 188 valence electrons. The summed E-state index contributed by atoms with van der Waals surface area (Å²) in [5, 5.41) is 4.40. The fraction of sp³-hybridized carbons (Fsp3) is 0.533. The number of thiazole rings is 1. The number of rotatable bonds is 6. The standard InChI is InChI=1S/C21H23N3S2.C9H18/c1-14-11-16(25-15-7-5-4-6-8-15)12-19(22-14)24-20-23-17-9-10-21(2,3)13-18(17)26-20;1-2-6-9-7-4-3-5-8-9/h4-8,11-12H,9-10,13H2,1-3H3,(H,22,23,24);9H,2-8H2,1H3. The van der Waals surface area contributed by atoms with E-state index in [1.54, 1.807) is 23.1 Å². The summed E-state index contributed by atoms with van der Waals surface area (Å²) in [5.74, 6) is 1.97. The molecule has 35 heavy (non-hydrogen) atoms. The molecule has 0 spiro atoms. The van der Waals surface area contributed by atoms with Gasteiger partial charge in [0.15, 0.2) is 5.13 Å². The van der Waals surface area contributed by atoms with Crippen molar-refractivity contribution in [3.05, 3.63) is 58.7 Å². The Hall–Kier alpha value is -1.85. The Kier molecular flexibility index (Phi) is 9.29. The van der Waals surface area contributed by atoms with Gasteiger partial charge in [-0.15, -0.1) is 11.3 Å². The van der Waals surface area contributed by atoms with E-state index in [1.807, 2.05) is 13.0 Å². The minimum atomic E-state index is 0.387. The van der Waals surface area contributed by atoms with Crippen molar-refractivity contribution in [1.29, 1.82) is 0 Å². The molecule has 3 nitrogen and oxygen atoms in total. The summed E-state index contributed by atoms with van der Waals surface area (Å²) < 4.78 is 0. The fourth-order valence-corrected chi connectivity index (χ4v) is 7.37. The van der Waals surface area contributed by atoms with Crippen molar-refractivity contribution in [3.63, 3.8) is 0 Å². The number of fused-ring (bicyclic) bond motifs is 1. The minimum Gasteiger partial charge on any atom is -0.316 e. The van der Waals surface area contributed by atoms with Gasteiger partial charge in [0.1, 0.15) is 5.82 Å². The highest BCUT2D eigenvalue weighted by Crippen LogP contribution is 2.39. The predicted molar refractivity (Wildman–Crippen MR) is 152 cm³/mol. The quantitative estimate of drug-likeness (QED) is 0.360. The molecule has 0 unspecified atom stereocenters. The van der Waals surface area contributed by atoms with Crippen molar-refractivity contribution < 1.29 is 0 Å². The number of benzene rings is 1. The second-order valence-electron chi connectivity index (χ2n) is 10.9. The average molecular weight is 508 g/mol. The van der Waals surface area contributed by atoms with E-state index in [0.29, 0.717) is 5.41 Å². The number of aromatic nitrogens is 2. The monoisotopic (exact) mass is 507 g/mol. The van der Waals surface area contributed by atoms with Gasteiger partial charge in [-0.25, -0.2) is 9.97 Å². The summed E-state index contributed by atoms with van der Waals surface area (Å²) >= 11 is 3.54. The average Bonchev–Trinajstić information content (AvgIpc) is 3.21. The van der Waals surface area contributed by atoms with Crippen LogP contribution in [0, 0.1) is 18.3 Å². The van der Waals surface area contributed by atoms with Crippen molar-refractivity contribution in [2.45, 2.75) is 102 Å². The molecule has 2 aliphatic carbocycles. The molecule has 0 amide bonds. The van der Waals surface area contributed by atoms with Crippen molar-refractivity contribution in [1.82, 2.24) is 9.97 Å². The second kappa shape index (κ2) is 12.4. The number of nitrogens with one attached hydrogen (secondary N) is 1. The van der Waals surface area contributed by atoms with E-state index >= 15 is 0 Å². The van der Waals surface area contributed by atoms with Crippen LogP contribution in [-0.4, -0.2) is 9.97 Å². The molecule has 3 aromatic rings. The van der Waals surface area contributed by atoms with Crippen molar-refractivity contribution in [3.8, 4) is 0 Å². The number of aryl methyl sites for hydroxylation is 2. The van der Waals surface area contributed by atoms with Crippen LogP contribution in [0.5, 0.6) is 0 Å². The second-order valence-corrected chi connectivity index (χ2v) is 13.1. The molecule has 5 rings (SSSR count). The normalized spacial score (nSPS) is 17.3. The molecule has 0 bridgehead atoms. The van der Waals surface area contributed by atoms with E-state index in [4.69, 9.17) is 4.98 Å². The zero-order chi connectivity index (χ0) is 24.7. The summed E-state index contributed by atoms with van der Waals surface area (Å²) in [4.78, 5) is 13.3. The molecule has 1 saturated carbocycles. The molecule has 1 aromatic carbocycles. The number of hydrogen-bond donors (Lipinski definition) is 1. The number of nitrogens with zero attached hydrogens (tertiary/aromatic N) is 2. The molecule has 1 N–H and O–H groups in total. The van der Waals surface area contributed by atoms with Crippen LogP contribution in [0.15, 0.2) is 52.3 Å².